The summed E-state index contributed by atoms with van der Waals surface area (Å²) in [5.41, 5.74) is -0.851. The minimum absolute atomic E-state index is 0.0807. The van der Waals surface area contributed by atoms with Gasteiger partial charge in [0.05, 0.1) is 12.6 Å². The number of alkyl halides is 1. The van der Waals surface area contributed by atoms with E-state index in [4.69, 9.17) is 4.74 Å². The van der Waals surface area contributed by atoms with Gasteiger partial charge in [-0.2, -0.15) is 0 Å². The third-order valence-electron chi connectivity index (χ3n) is 2.88. The third kappa shape index (κ3) is 1.84. The summed E-state index contributed by atoms with van der Waals surface area (Å²) in [4.78, 5) is 11.1. The van der Waals surface area contributed by atoms with Crippen LogP contribution in [0.2, 0.25) is 0 Å². The molecule has 1 aliphatic rings. The van der Waals surface area contributed by atoms with E-state index < -0.39 is 5.67 Å². The van der Waals surface area contributed by atoms with Crippen molar-refractivity contribution in [3.05, 3.63) is 22.1 Å². The first-order valence-electron chi connectivity index (χ1n) is 5.05. The van der Waals surface area contributed by atoms with Crippen molar-refractivity contribution in [1.29, 1.82) is 0 Å². The summed E-state index contributed by atoms with van der Waals surface area (Å²) in [6.07, 6.45) is 0.582. The Morgan fingerprint density at radius 2 is 2.47 bits per heavy atom. The van der Waals surface area contributed by atoms with Crippen molar-refractivity contribution in [2.24, 2.45) is 0 Å². The molecular weight excluding hydrogens is 199 g/mol. The summed E-state index contributed by atoms with van der Waals surface area (Å²) in [5, 5.41) is 2.64. The zero-order valence-electron chi connectivity index (χ0n) is 8.92. The Morgan fingerprint density at radius 3 is 3.00 bits per heavy atom. The Morgan fingerprint density at radius 1 is 1.73 bits per heavy atom. The molecule has 0 saturated carbocycles. The number of aromatic amines is 1. The van der Waals surface area contributed by atoms with Crippen molar-refractivity contribution in [3.63, 3.8) is 0 Å². The van der Waals surface area contributed by atoms with E-state index in [9.17, 15) is 9.18 Å². The van der Waals surface area contributed by atoms with E-state index in [-0.39, 0.29) is 18.2 Å². The molecule has 0 spiro atoms. The quantitative estimate of drug-likeness (QED) is 0.763. The number of halogens is 1. The molecule has 1 N–H and O–H groups in total. The highest BCUT2D eigenvalue weighted by molar-refractivity contribution is 5.02. The molecule has 5 heteroatoms. The number of aromatic nitrogens is 2. The minimum atomic E-state index is -1.43. The van der Waals surface area contributed by atoms with Gasteiger partial charge in [0.25, 0.3) is 5.56 Å². The van der Waals surface area contributed by atoms with Gasteiger partial charge >= 0.3 is 0 Å². The van der Waals surface area contributed by atoms with Crippen molar-refractivity contribution in [1.82, 2.24) is 9.78 Å². The van der Waals surface area contributed by atoms with E-state index in [2.05, 4.69) is 5.10 Å². The van der Waals surface area contributed by atoms with E-state index in [0.29, 0.717) is 13.0 Å². The summed E-state index contributed by atoms with van der Waals surface area (Å²) in [6.45, 7) is 3.92. The Hall–Kier alpha value is -1.10. The van der Waals surface area contributed by atoms with E-state index in [1.54, 1.807) is 11.6 Å². The van der Waals surface area contributed by atoms with Gasteiger partial charge in [0, 0.05) is 18.4 Å². The number of hydrogen-bond donors (Lipinski definition) is 1. The Labute approximate surface area is 87.0 Å². The lowest BCUT2D eigenvalue weighted by Crippen LogP contribution is -2.42. The fourth-order valence-corrected chi connectivity index (χ4v) is 2.08. The maximum absolute atomic E-state index is 14.1. The number of rotatable bonds is 1. The molecule has 2 unspecified atom stereocenters. The van der Waals surface area contributed by atoms with Crippen molar-refractivity contribution in [2.45, 2.75) is 32.0 Å². The molecular formula is C10H15FN2O2. The predicted octanol–water partition coefficient (Wildman–Crippen LogP) is 1.17. The minimum Gasteiger partial charge on any atom is -0.378 e. The van der Waals surface area contributed by atoms with E-state index in [1.165, 1.54) is 13.0 Å². The molecule has 2 atom stereocenters. The predicted molar refractivity (Wildman–Crippen MR) is 53.8 cm³/mol. The summed E-state index contributed by atoms with van der Waals surface area (Å²) in [6, 6.07) is 1.14. The number of aryl methyl sites for hydroxylation is 1. The lowest BCUT2D eigenvalue weighted by Gasteiger charge is -2.35. The van der Waals surface area contributed by atoms with Crippen molar-refractivity contribution < 1.29 is 9.13 Å². The van der Waals surface area contributed by atoms with Gasteiger partial charge in [-0.1, -0.05) is 0 Å². The normalized spacial score (nSPS) is 31.8. The highest BCUT2D eigenvalue weighted by Crippen LogP contribution is 2.33. The van der Waals surface area contributed by atoms with Crippen LogP contribution in [0.5, 0.6) is 0 Å². The number of ether oxygens (including phenoxy) is 1. The first-order chi connectivity index (χ1) is 7.00. The zero-order valence-corrected chi connectivity index (χ0v) is 8.92. The summed E-state index contributed by atoms with van der Waals surface area (Å²) >= 11 is 0. The van der Waals surface area contributed by atoms with Gasteiger partial charge in [0.2, 0.25) is 0 Å². The van der Waals surface area contributed by atoms with Crippen molar-refractivity contribution in [3.8, 4) is 0 Å². The Kier molecular flexibility index (Phi) is 2.42. The second kappa shape index (κ2) is 3.48. The zero-order chi connectivity index (χ0) is 11.1. The van der Waals surface area contributed by atoms with Crippen LogP contribution in [-0.2, 0) is 4.74 Å². The molecule has 0 aromatic carbocycles. The average molecular weight is 214 g/mol. The van der Waals surface area contributed by atoms with Crippen LogP contribution in [0.4, 0.5) is 4.39 Å². The fraction of sp³-hybridized carbons (Fsp3) is 0.700. The van der Waals surface area contributed by atoms with E-state index >= 15 is 0 Å². The molecule has 1 aromatic heterocycles. The number of nitrogens with one attached hydrogen (secondary N) is 1. The first kappa shape index (κ1) is 10.4. The number of hydrogen-bond acceptors (Lipinski definition) is 2. The summed E-state index contributed by atoms with van der Waals surface area (Å²) in [5.74, 6) is 0. The molecule has 15 heavy (non-hydrogen) atoms. The van der Waals surface area contributed by atoms with Crippen LogP contribution in [0.25, 0.3) is 0 Å². The molecule has 1 saturated heterocycles. The van der Waals surface area contributed by atoms with Gasteiger partial charge in [0.1, 0.15) is 0 Å². The third-order valence-corrected chi connectivity index (χ3v) is 2.88. The monoisotopic (exact) mass is 214 g/mol. The molecule has 0 bridgehead atoms. The lowest BCUT2D eigenvalue weighted by molar-refractivity contribution is -0.0604. The summed E-state index contributed by atoms with van der Waals surface area (Å²) < 4.78 is 20.9. The van der Waals surface area contributed by atoms with Crippen molar-refractivity contribution in [2.75, 3.05) is 13.2 Å². The fourth-order valence-electron chi connectivity index (χ4n) is 2.08. The van der Waals surface area contributed by atoms with Crippen LogP contribution >= 0.6 is 0 Å². The van der Waals surface area contributed by atoms with Crippen LogP contribution in [0.3, 0.4) is 0 Å². The van der Waals surface area contributed by atoms with E-state index in [1.807, 2.05) is 0 Å². The maximum Gasteiger partial charge on any atom is 0.264 e. The van der Waals surface area contributed by atoms with Crippen LogP contribution in [-0.4, -0.2) is 28.7 Å². The first-order valence-corrected chi connectivity index (χ1v) is 5.05. The van der Waals surface area contributed by atoms with Gasteiger partial charge in [-0.25, -0.2) is 4.39 Å². The molecule has 84 valence electrons. The number of nitrogens with zero attached hydrogens (tertiary/aromatic N) is 1. The standard InChI is InChI=1S/C10H15FN2O2/c1-7-5-9(14)12-13(7)8-3-4-15-6-10(8,2)11/h5,8H,3-4,6H2,1-2H3,(H,12,14). The second-order valence-electron chi connectivity index (χ2n) is 4.27. The van der Waals surface area contributed by atoms with Gasteiger partial charge in [-0.3, -0.25) is 14.6 Å². The van der Waals surface area contributed by atoms with Crippen LogP contribution in [0.15, 0.2) is 10.9 Å². The molecule has 1 fully saturated rings. The molecule has 0 radical (unpaired) electrons. The molecule has 4 nitrogen and oxygen atoms in total. The highest BCUT2D eigenvalue weighted by atomic mass is 19.1. The van der Waals surface area contributed by atoms with Gasteiger partial charge in [0.15, 0.2) is 5.67 Å². The van der Waals surface area contributed by atoms with E-state index in [0.717, 1.165) is 5.69 Å². The largest absolute Gasteiger partial charge is 0.378 e. The molecule has 1 aliphatic heterocycles. The molecule has 0 amide bonds. The van der Waals surface area contributed by atoms with Crippen LogP contribution < -0.4 is 5.56 Å². The second-order valence-corrected chi connectivity index (χ2v) is 4.27. The van der Waals surface area contributed by atoms with Gasteiger partial charge in [-0.05, 0) is 20.3 Å². The maximum atomic E-state index is 14.1. The SMILES string of the molecule is Cc1cc(=O)[nH]n1C1CCOCC1(C)F. The highest BCUT2D eigenvalue weighted by Gasteiger charge is 2.39. The van der Waals surface area contributed by atoms with Gasteiger partial charge < -0.3 is 4.74 Å². The summed E-state index contributed by atoms with van der Waals surface area (Å²) in [7, 11) is 0. The smallest absolute Gasteiger partial charge is 0.264 e. The topological polar surface area (TPSA) is 47.0 Å². The number of H-pyrrole nitrogens is 1. The Bertz CT molecular complexity index is 408. The lowest BCUT2D eigenvalue weighted by atomic mass is 9.94. The van der Waals surface area contributed by atoms with Gasteiger partial charge in [-0.15, -0.1) is 0 Å². The Balaban J connectivity index is 2.36. The molecule has 1 aromatic rings. The van der Waals surface area contributed by atoms with Crippen molar-refractivity contribution >= 4 is 0 Å². The molecule has 0 aliphatic carbocycles. The van der Waals surface area contributed by atoms with Crippen LogP contribution in [0.1, 0.15) is 25.1 Å². The van der Waals surface area contributed by atoms with Crippen LogP contribution in [0, 0.1) is 6.92 Å². The molecule has 2 heterocycles. The average Bonchev–Trinajstić information content (AvgIpc) is 2.44. The molecule has 2 rings (SSSR count).